The van der Waals surface area contributed by atoms with Crippen molar-refractivity contribution in [1.82, 2.24) is 5.43 Å². The van der Waals surface area contributed by atoms with Gasteiger partial charge in [0.2, 0.25) is 0 Å². The molecule has 96 valence electrons. The highest BCUT2D eigenvalue weighted by molar-refractivity contribution is 9.10. The zero-order valence-electron chi connectivity index (χ0n) is 10.6. The summed E-state index contributed by atoms with van der Waals surface area (Å²) in [6.07, 6.45) is 7.36. The first-order valence-electron chi connectivity index (χ1n) is 6.46. The second kappa shape index (κ2) is 8.67. The van der Waals surface area contributed by atoms with Crippen LogP contribution in [-0.4, -0.2) is 6.04 Å². The maximum atomic E-state index is 5.61. The average Bonchev–Trinajstić information content (AvgIpc) is 2.35. The molecule has 0 heterocycles. The molecule has 0 radical (unpaired) electrons. The van der Waals surface area contributed by atoms with E-state index >= 15 is 0 Å². The minimum Gasteiger partial charge on any atom is -0.271 e. The number of nitrogens with one attached hydrogen (secondary N) is 1. The predicted octanol–water partition coefficient (Wildman–Crippen LogP) is 3.79. The number of hydrazine groups is 1. The molecular weight excluding hydrogens is 276 g/mol. The molecule has 0 aliphatic rings. The maximum absolute atomic E-state index is 5.61. The molecule has 0 aromatic heterocycles. The highest BCUT2D eigenvalue weighted by Crippen LogP contribution is 2.14. The lowest BCUT2D eigenvalue weighted by Crippen LogP contribution is -2.36. The third-order valence-corrected chi connectivity index (χ3v) is 3.57. The predicted molar refractivity (Wildman–Crippen MR) is 77.7 cm³/mol. The Morgan fingerprint density at radius 1 is 1.18 bits per heavy atom. The lowest BCUT2D eigenvalue weighted by molar-refractivity contribution is 0.463. The van der Waals surface area contributed by atoms with Crippen LogP contribution in [0.4, 0.5) is 0 Å². The fraction of sp³-hybridized carbons (Fsp3) is 0.571. The molecule has 17 heavy (non-hydrogen) atoms. The largest absolute Gasteiger partial charge is 0.271 e. The van der Waals surface area contributed by atoms with Gasteiger partial charge in [-0.15, -0.1) is 0 Å². The van der Waals surface area contributed by atoms with Crippen molar-refractivity contribution in [1.29, 1.82) is 0 Å². The van der Waals surface area contributed by atoms with Gasteiger partial charge in [-0.2, -0.15) is 0 Å². The van der Waals surface area contributed by atoms with Gasteiger partial charge in [0, 0.05) is 10.5 Å². The van der Waals surface area contributed by atoms with E-state index in [9.17, 15) is 0 Å². The number of halogens is 1. The Labute approximate surface area is 113 Å². The Balaban J connectivity index is 2.33. The number of unbranched alkanes of at least 4 members (excludes halogenated alkanes) is 3. The monoisotopic (exact) mass is 298 g/mol. The Kier molecular flexibility index (Phi) is 7.49. The van der Waals surface area contributed by atoms with Crippen molar-refractivity contribution in [3.63, 3.8) is 0 Å². The van der Waals surface area contributed by atoms with E-state index in [0.29, 0.717) is 6.04 Å². The Morgan fingerprint density at radius 2 is 1.88 bits per heavy atom. The molecular formula is C14H23BrN2. The summed E-state index contributed by atoms with van der Waals surface area (Å²) < 4.78 is 1.13. The van der Waals surface area contributed by atoms with Crippen molar-refractivity contribution in [2.45, 2.75) is 51.5 Å². The van der Waals surface area contributed by atoms with Crippen LogP contribution in [0, 0.1) is 0 Å². The Hall–Kier alpha value is -0.380. The van der Waals surface area contributed by atoms with Crippen molar-refractivity contribution in [2.24, 2.45) is 5.84 Å². The van der Waals surface area contributed by atoms with Crippen LogP contribution in [0.15, 0.2) is 28.7 Å². The molecule has 0 bridgehead atoms. The zero-order valence-corrected chi connectivity index (χ0v) is 12.2. The van der Waals surface area contributed by atoms with E-state index < -0.39 is 0 Å². The highest BCUT2D eigenvalue weighted by Gasteiger charge is 2.07. The molecule has 1 rings (SSSR count). The van der Waals surface area contributed by atoms with Gasteiger partial charge in [0.15, 0.2) is 0 Å². The third-order valence-electron chi connectivity index (χ3n) is 3.04. The standard InChI is InChI=1S/C14H23BrN2/c1-2-3-4-5-6-14(17-16)11-12-7-9-13(15)10-8-12/h7-10,14,17H,2-6,11,16H2,1H3. The van der Waals surface area contributed by atoms with Gasteiger partial charge in [0.1, 0.15) is 0 Å². The number of hydrogen-bond acceptors (Lipinski definition) is 2. The minimum absolute atomic E-state index is 0.396. The van der Waals surface area contributed by atoms with Gasteiger partial charge >= 0.3 is 0 Å². The van der Waals surface area contributed by atoms with E-state index in [0.717, 1.165) is 17.3 Å². The minimum atomic E-state index is 0.396. The summed E-state index contributed by atoms with van der Waals surface area (Å²) in [5.41, 5.74) is 4.27. The number of benzene rings is 1. The molecule has 1 aromatic carbocycles. The molecule has 3 N–H and O–H groups in total. The second-order valence-corrected chi connectivity index (χ2v) is 5.46. The summed E-state index contributed by atoms with van der Waals surface area (Å²) in [7, 11) is 0. The summed E-state index contributed by atoms with van der Waals surface area (Å²) in [6, 6.07) is 8.87. The summed E-state index contributed by atoms with van der Waals surface area (Å²) in [4.78, 5) is 0. The SMILES string of the molecule is CCCCCCC(Cc1ccc(Br)cc1)NN. The van der Waals surface area contributed by atoms with Crippen molar-refractivity contribution in [2.75, 3.05) is 0 Å². The molecule has 3 heteroatoms. The fourth-order valence-electron chi connectivity index (χ4n) is 1.97. The van der Waals surface area contributed by atoms with Crippen LogP contribution in [0.2, 0.25) is 0 Å². The topological polar surface area (TPSA) is 38.0 Å². The fourth-order valence-corrected chi connectivity index (χ4v) is 2.23. The third kappa shape index (κ3) is 6.20. The van der Waals surface area contributed by atoms with Gasteiger partial charge in [-0.05, 0) is 30.5 Å². The molecule has 0 saturated carbocycles. The molecule has 1 aromatic rings. The lowest BCUT2D eigenvalue weighted by Gasteiger charge is -2.15. The van der Waals surface area contributed by atoms with Gasteiger partial charge in [-0.1, -0.05) is 60.7 Å². The first-order valence-corrected chi connectivity index (χ1v) is 7.26. The number of hydrogen-bond donors (Lipinski definition) is 2. The highest BCUT2D eigenvalue weighted by atomic mass is 79.9. The van der Waals surface area contributed by atoms with E-state index in [1.54, 1.807) is 0 Å². The van der Waals surface area contributed by atoms with Crippen LogP contribution >= 0.6 is 15.9 Å². The quantitative estimate of drug-likeness (QED) is 0.435. The van der Waals surface area contributed by atoms with Gasteiger partial charge in [-0.25, -0.2) is 0 Å². The van der Waals surface area contributed by atoms with Crippen LogP contribution in [-0.2, 0) is 6.42 Å². The molecule has 0 amide bonds. The number of rotatable bonds is 8. The van der Waals surface area contributed by atoms with Crippen LogP contribution in [0.1, 0.15) is 44.6 Å². The van der Waals surface area contributed by atoms with Gasteiger partial charge < -0.3 is 0 Å². The summed E-state index contributed by atoms with van der Waals surface area (Å²) in [5, 5.41) is 0. The first kappa shape index (κ1) is 14.7. The van der Waals surface area contributed by atoms with Gasteiger partial charge in [0.25, 0.3) is 0 Å². The molecule has 1 unspecified atom stereocenters. The summed E-state index contributed by atoms with van der Waals surface area (Å²) in [5.74, 6) is 5.61. The molecule has 0 fully saturated rings. The van der Waals surface area contributed by atoms with E-state index in [1.165, 1.54) is 31.2 Å². The van der Waals surface area contributed by atoms with Gasteiger partial charge in [0.05, 0.1) is 0 Å². The van der Waals surface area contributed by atoms with Crippen LogP contribution < -0.4 is 11.3 Å². The van der Waals surface area contributed by atoms with Crippen molar-refractivity contribution >= 4 is 15.9 Å². The Bertz CT molecular complexity index is 298. The first-order chi connectivity index (χ1) is 8.26. The maximum Gasteiger partial charge on any atom is 0.0250 e. The molecule has 0 saturated heterocycles. The molecule has 0 spiro atoms. The molecule has 1 atom stereocenters. The van der Waals surface area contributed by atoms with E-state index in [-0.39, 0.29) is 0 Å². The van der Waals surface area contributed by atoms with E-state index in [4.69, 9.17) is 5.84 Å². The van der Waals surface area contributed by atoms with Crippen molar-refractivity contribution in [3.05, 3.63) is 34.3 Å². The normalized spacial score (nSPS) is 12.6. The molecule has 0 aliphatic carbocycles. The summed E-state index contributed by atoms with van der Waals surface area (Å²) >= 11 is 3.45. The molecule has 0 aliphatic heterocycles. The number of nitrogens with two attached hydrogens (primary N) is 1. The van der Waals surface area contributed by atoms with Crippen LogP contribution in [0.25, 0.3) is 0 Å². The summed E-state index contributed by atoms with van der Waals surface area (Å²) in [6.45, 7) is 2.24. The molecule has 2 nitrogen and oxygen atoms in total. The van der Waals surface area contributed by atoms with Crippen molar-refractivity contribution in [3.8, 4) is 0 Å². The van der Waals surface area contributed by atoms with E-state index in [1.807, 2.05) is 0 Å². The Morgan fingerprint density at radius 3 is 2.47 bits per heavy atom. The zero-order chi connectivity index (χ0) is 12.5. The van der Waals surface area contributed by atoms with Gasteiger partial charge in [-0.3, -0.25) is 11.3 Å². The van der Waals surface area contributed by atoms with Crippen LogP contribution in [0.5, 0.6) is 0 Å². The average molecular weight is 299 g/mol. The van der Waals surface area contributed by atoms with Crippen molar-refractivity contribution < 1.29 is 0 Å². The van der Waals surface area contributed by atoms with Crippen LogP contribution in [0.3, 0.4) is 0 Å². The lowest BCUT2D eigenvalue weighted by atomic mass is 10.0. The van der Waals surface area contributed by atoms with E-state index in [2.05, 4.69) is 52.5 Å². The smallest absolute Gasteiger partial charge is 0.0250 e. The second-order valence-electron chi connectivity index (χ2n) is 4.54.